The highest BCUT2D eigenvalue weighted by molar-refractivity contribution is 5.61. The minimum atomic E-state index is -0.306. The lowest BCUT2D eigenvalue weighted by Crippen LogP contribution is -2.16. The highest BCUT2D eigenvalue weighted by Gasteiger charge is 2.32. The van der Waals surface area contributed by atoms with Crippen LogP contribution in [0, 0.1) is 5.92 Å². The zero-order chi connectivity index (χ0) is 19.2. The van der Waals surface area contributed by atoms with Gasteiger partial charge in [0.25, 0.3) is 0 Å². The third-order valence-electron chi connectivity index (χ3n) is 5.11. The Hall–Kier alpha value is -1.83. The maximum Gasteiger partial charge on any atom is 0.206 e. The first-order valence-electron chi connectivity index (χ1n) is 9.33. The first-order chi connectivity index (χ1) is 13.2. The van der Waals surface area contributed by atoms with E-state index in [0.717, 1.165) is 36.7 Å². The highest BCUT2D eigenvalue weighted by Crippen LogP contribution is 2.48. The number of hydrogen-bond acceptors (Lipinski definition) is 7. The standard InChI is InChI=1S/C20H28O7/c1-22-12-26-16-9-13(11-21)6-7-14-15(16)10-17(23-2)20(19(14)24-3)27-18-5-4-8-25-18/h10-11,13,16,18H,4-9,12H2,1-3H3/t13-,16?,18?/m1/s1. The Kier molecular flexibility index (Phi) is 6.93. The molecule has 1 aliphatic carbocycles. The molecule has 0 spiro atoms. The Morgan fingerprint density at radius 3 is 2.67 bits per heavy atom. The van der Waals surface area contributed by atoms with E-state index in [-0.39, 0.29) is 25.1 Å². The minimum absolute atomic E-state index is 0.0857. The predicted molar refractivity (Wildman–Crippen MR) is 97.3 cm³/mol. The van der Waals surface area contributed by atoms with Crippen LogP contribution in [0.25, 0.3) is 0 Å². The molecule has 3 rings (SSSR count). The van der Waals surface area contributed by atoms with E-state index in [1.807, 2.05) is 6.07 Å². The molecule has 0 saturated carbocycles. The molecule has 1 saturated heterocycles. The summed E-state index contributed by atoms with van der Waals surface area (Å²) >= 11 is 0. The largest absolute Gasteiger partial charge is 0.493 e. The van der Waals surface area contributed by atoms with Crippen LogP contribution in [-0.2, 0) is 25.4 Å². The van der Waals surface area contributed by atoms with Gasteiger partial charge in [0.2, 0.25) is 5.75 Å². The molecule has 0 radical (unpaired) electrons. The van der Waals surface area contributed by atoms with E-state index >= 15 is 0 Å². The topological polar surface area (TPSA) is 72.5 Å². The van der Waals surface area contributed by atoms with Gasteiger partial charge < -0.3 is 33.2 Å². The molecule has 0 amide bonds. The van der Waals surface area contributed by atoms with Crippen molar-refractivity contribution in [3.63, 3.8) is 0 Å². The van der Waals surface area contributed by atoms with E-state index in [4.69, 9.17) is 28.4 Å². The second kappa shape index (κ2) is 9.39. The summed E-state index contributed by atoms with van der Waals surface area (Å²) in [6.07, 6.45) is 4.23. The highest BCUT2D eigenvalue weighted by atomic mass is 16.7. The molecule has 2 unspecified atom stereocenters. The van der Waals surface area contributed by atoms with Gasteiger partial charge >= 0.3 is 0 Å². The third kappa shape index (κ3) is 4.36. The molecule has 1 heterocycles. The van der Waals surface area contributed by atoms with Gasteiger partial charge in [-0.15, -0.1) is 0 Å². The van der Waals surface area contributed by atoms with E-state index in [9.17, 15) is 4.79 Å². The third-order valence-corrected chi connectivity index (χ3v) is 5.11. The maximum atomic E-state index is 11.5. The lowest BCUT2D eigenvalue weighted by atomic mass is 9.98. The molecule has 150 valence electrons. The van der Waals surface area contributed by atoms with E-state index in [0.29, 0.717) is 36.7 Å². The van der Waals surface area contributed by atoms with Crippen LogP contribution in [0.2, 0.25) is 0 Å². The summed E-state index contributed by atoms with van der Waals surface area (Å²) in [4.78, 5) is 11.5. The second-order valence-electron chi connectivity index (χ2n) is 6.80. The second-order valence-corrected chi connectivity index (χ2v) is 6.80. The quantitative estimate of drug-likeness (QED) is 0.390. The number of fused-ring (bicyclic) bond motifs is 1. The van der Waals surface area contributed by atoms with Crippen molar-refractivity contribution in [3.05, 3.63) is 17.2 Å². The van der Waals surface area contributed by atoms with Gasteiger partial charge in [-0.25, -0.2) is 0 Å². The fraction of sp³-hybridized carbons (Fsp3) is 0.650. The van der Waals surface area contributed by atoms with Crippen LogP contribution >= 0.6 is 0 Å². The van der Waals surface area contributed by atoms with Crippen molar-refractivity contribution in [1.82, 2.24) is 0 Å². The fourth-order valence-electron chi connectivity index (χ4n) is 3.75. The van der Waals surface area contributed by atoms with Crippen molar-refractivity contribution in [2.24, 2.45) is 5.92 Å². The first kappa shape index (κ1) is 19.9. The Morgan fingerprint density at radius 1 is 1.19 bits per heavy atom. The van der Waals surface area contributed by atoms with Crippen LogP contribution in [-0.4, -0.2) is 47.3 Å². The van der Waals surface area contributed by atoms with Gasteiger partial charge in [0.05, 0.1) is 26.9 Å². The normalized spacial score (nSPS) is 24.8. The Bertz CT molecular complexity index is 640. The molecule has 1 aromatic rings. The summed E-state index contributed by atoms with van der Waals surface area (Å²) < 4.78 is 34.0. The Morgan fingerprint density at radius 2 is 2.04 bits per heavy atom. The number of methoxy groups -OCH3 is 3. The molecule has 1 aromatic carbocycles. The van der Waals surface area contributed by atoms with Gasteiger partial charge in [0, 0.05) is 25.0 Å². The predicted octanol–water partition coefficient (Wildman–Crippen LogP) is 3.03. The van der Waals surface area contributed by atoms with Crippen molar-refractivity contribution < 1.29 is 33.2 Å². The average molecular weight is 380 g/mol. The molecular formula is C20H28O7. The van der Waals surface area contributed by atoms with Gasteiger partial charge in [-0.3, -0.25) is 0 Å². The van der Waals surface area contributed by atoms with Gasteiger partial charge in [-0.05, 0) is 37.3 Å². The average Bonchev–Trinajstić information content (AvgIpc) is 3.14. The van der Waals surface area contributed by atoms with E-state index in [1.165, 1.54) is 0 Å². The minimum Gasteiger partial charge on any atom is -0.493 e. The number of aldehydes is 1. The zero-order valence-corrected chi connectivity index (χ0v) is 16.2. The molecule has 1 fully saturated rings. The SMILES string of the molecule is COCOC1C[C@H](C=O)CCc2c1cc(OC)c(OC1CCCO1)c2OC. The first-order valence-corrected chi connectivity index (χ1v) is 9.33. The summed E-state index contributed by atoms with van der Waals surface area (Å²) in [6, 6.07) is 1.93. The monoisotopic (exact) mass is 380 g/mol. The van der Waals surface area contributed by atoms with Crippen LogP contribution in [0.5, 0.6) is 17.2 Å². The van der Waals surface area contributed by atoms with Crippen LogP contribution < -0.4 is 14.2 Å². The molecular weight excluding hydrogens is 352 g/mol. The lowest BCUT2D eigenvalue weighted by Gasteiger charge is -2.24. The summed E-state index contributed by atoms with van der Waals surface area (Å²) in [5.74, 6) is 1.65. The number of benzene rings is 1. The van der Waals surface area contributed by atoms with Crippen LogP contribution in [0.15, 0.2) is 6.07 Å². The smallest absolute Gasteiger partial charge is 0.206 e. The van der Waals surface area contributed by atoms with Gasteiger partial charge in [-0.2, -0.15) is 0 Å². The summed E-state index contributed by atoms with van der Waals surface area (Å²) in [6.45, 7) is 0.836. The molecule has 7 heteroatoms. The summed E-state index contributed by atoms with van der Waals surface area (Å²) in [5.41, 5.74) is 1.93. The Balaban J connectivity index is 2.03. The molecule has 0 bridgehead atoms. The maximum absolute atomic E-state index is 11.5. The van der Waals surface area contributed by atoms with Crippen molar-refractivity contribution >= 4 is 6.29 Å². The number of carbonyl (C=O) groups is 1. The van der Waals surface area contributed by atoms with Crippen LogP contribution in [0.3, 0.4) is 0 Å². The van der Waals surface area contributed by atoms with Gasteiger partial charge in [-0.1, -0.05) is 0 Å². The molecule has 7 nitrogen and oxygen atoms in total. The molecule has 27 heavy (non-hydrogen) atoms. The van der Waals surface area contributed by atoms with E-state index in [1.54, 1.807) is 21.3 Å². The zero-order valence-electron chi connectivity index (χ0n) is 16.2. The van der Waals surface area contributed by atoms with Crippen molar-refractivity contribution in [2.45, 2.75) is 44.5 Å². The summed E-state index contributed by atoms with van der Waals surface area (Å²) in [5, 5.41) is 0. The van der Waals surface area contributed by atoms with Crippen molar-refractivity contribution in [3.8, 4) is 17.2 Å². The van der Waals surface area contributed by atoms with Crippen LogP contribution in [0.1, 0.15) is 42.9 Å². The van der Waals surface area contributed by atoms with Crippen molar-refractivity contribution in [2.75, 3.05) is 34.7 Å². The molecule has 1 aliphatic heterocycles. The Labute approximate surface area is 159 Å². The van der Waals surface area contributed by atoms with E-state index in [2.05, 4.69) is 0 Å². The molecule has 3 atom stereocenters. The molecule has 2 aliphatic rings. The van der Waals surface area contributed by atoms with Gasteiger partial charge in [0.1, 0.15) is 13.1 Å². The molecule has 0 N–H and O–H groups in total. The number of carbonyl (C=O) groups excluding carboxylic acids is 1. The van der Waals surface area contributed by atoms with Gasteiger partial charge in [0.15, 0.2) is 17.8 Å². The number of rotatable bonds is 8. The lowest BCUT2D eigenvalue weighted by molar-refractivity contribution is -0.114. The fourth-order valence-corrected chi connectivity index (χ4v) is 3.75. The van der Waals surface area contributed by atoms with E-state index < -0.39 is 0 Å². The molecule has 0 aromatic heterocycles. The number of hydrogen-bond donors (Lipinski definition) is 0. The van der Waals surface area contributed by atoms with Crippen molar-refractivity contribution in [1.29, 1.82) is 0 Å². The number of ether oxygens (including phenoxy) is 6. The van der Waals surface area contributed by atoms with Crippen LogP contribution in [0.4, 0.5) is 0 Å². The summed E-state index contributed by atoms with van der Waals surface area (Å²) in [7, 11) is 4.79.